The zero-order valence-electron chi connectivity index (χ0n) is 7.80. The van der Waals surface area contributed by atoms with Gasteiger partial charge in [0.05, 0.1) is 6.04 Å². The Morgan fingerprint density at radius 1 is 1.64 bits per heavy atom. The lowest BCUT2D eigenvalue weighted by molar-refractivity contribution is 0.358. The SMILES string of the molecule is C[C@@H](N)c1nc(Cc2cccs2)no1. The number of rotatable bonds is 3. The van der Waals surface area contributed by atoms with Crippen molar-refractivity contribution < 1.29 is 4.52 Å². The summed E-state index contributed by atoms with van der Waals surface area (Å²) < 4.78 is 4.99. The number of nitrogens with two attached hydrogens (primary N) is 1. The Kier molecular flexibility index (Phi) is 2.60. The van der Waals surface area contributed by atoms with Crippen molar-refractivity contribution in [3.8, 4) is 0 Å². The monoisotopic (exact) mass is 209 g/mol. The summed E-state index contributed by atoms with van der Waals surface area (Å²) in [6.07, 6.45) is 0.716. The fourth-order valence-electron chi connectivity index (χ4n) is 1.09. The quantitative estimate of drug-likeness (QED) is 0.836. The van der Waals surface area contributed by atoms with E-state index < -0.39 is 0 Å². The third-order valence-electron chi connectivity index (χ3n) is 1.79. The van der Waals surface area contributed by atoms with Crippen LogP contribution in [0.5, 0.6) is 0 Å². The van der Waals surface area contributed by atoms with Crippen LogP contribution >= 0.6 is 11.3 Å². The van der Waals surface area contributed by atoms with Gasteiger partial charge in [-0.05, 0) is 18.4 Å². The van der Waals surface area contributed by atoms with Crippen LogP contribution in [0.2, 0.25) is 0 Å². The van der Waals surface area contributed by atoms with Crippen LogP contribution in [0.1, 0.15) is 29.6 Å². The molecule has 1 atom stereocenters. The van der Waals surface area contributed by atoms with Gasteiger partial charge in [-0.1, -0.05) is 11.2 Å². The van der Waals surface area contributed by atoms with Crippen LogP contribution in [0.3, 0.4) is 0 Å². The van der Waals surface area contributed by atoms with Crippen molar-refractivity contribution in [3.05, 3.63) is 34.1 Å². The molecule has 2 rings (SSSR count). The summed E-state index contributed by atoms with van der Waals surface area (Å²) in [6, 6.07) is 3.86. The Bertz CT molecular complexity index is 394. The standard InChI is InChI=1S/C9H11N3OS/c1-6(10)9-11-8(12-13-9)5-7-3-2-4-14-7/h2-4,6H,5,10H2,1H3/t6-/m1/s1. The lowest BCUT2D eigenvalue weighted by atomic mass is 10.3. The van der Waals surface area contributed by atoms with Gasteiger partial charge in [0.25, 0.3) is 0 Å². The molecule has 2 aromatic heterocycles. The molecule has 2 N–H and O–H groups in total. The molecule has 4 nitrogen and oxygen atoms in total. The van der Waals surface area contributed by atoms with Gasteiger partial charge in [-0.15, -0.1) is 11.3 Å². The van der Waals surface area contributed by atoms with E-state index in [0.717, 1.165) is 0 Å². The Morgan fingerprint density at radius 2 is 2.50 bits per heavy atom. The summed E-state index contributed by atoms with van der Waals surface area (Å²) in [7, 11) is 0. The van der Waals surface area contributed by atoms with Crippen LogP contribution in [-0.4, -0.2) is 10.1 Å². The highest BCUT2D eigenvalue weighted by molar-refractivity contribution is 7.09. The topological polar surface area (TPSA) is 64.9 Å². The van der Waals surface area contributed by atoms with E-state index in [1.165, 1.54) is 4.88 Å². The van der Waals surface area contributed by atoms with Gasteiger partial charge in [0.2, 0.25) is 5.89 Å². The normalized spacial score (nSPS) is 13.0. The van der Waals surface area contributed by atoms with Crippen LogP contribution in [0.4, 0.5) is 0 Å². The van der Waals surface area contributed by atoms with E-state index in [9.17, 15) is 0 Å². The van der Waals surface area contributed by atoms with E-state index in [4.69, 9.17) is 10.3 Å². The van der Waals surface area contributed by atoms with Crippen molar-refractivity contribution >= 4 is 11.3 Å². The molecule has 5 heteroatoms. The second kappa shape index (κ2) is 3.89. The fraction of sp³-hybridized carbons (Fsp3) is 0.333. The average molecular weight is 209 g/mol. The zero-order valence-corrected chi connectivity index (χ0v) is 8.62. The largest absolute Gasteiger partial charge is 0.338 e. The van der Waals surface area contributed by atoms with Crippen molar-refractivity contribution in [1.82, 2.24) is 10.1 Å². The molecular formula is C9H11N3OS. The Hall–Kier alpha value is -1.20. The van der Waals surface area contributed by atoms with E-state index in [2.05, 4.69) is 10.1 Å². The first kappa shape index (κ1) is 9.36. The molecule has 0 saturated carbocycles. The lowest BCUT2D eigenvalue weighted by Gasteiger charge is -1.92. The summed E-state index contributed by atoms with van der Waals surface area (Å²) in [4.78, 5) is 5.41. The van der Waals surface area contributed by atoms with E-state index in [0.29, 0.717) is 18.1 Å². The summed E-state index contributed by atoms with van der Waals surface area (Å²) in [5.41, 5.74) is 5.61. The molecule has 0 bridgehead atoms. The molecule has 0 aromatic carbocycles. The van der Waals surface area contributed by atoms with Gasteiger partial charge >= 0.3 is 0 Å². The number of nitrogens with zero attached hydrogens (tertiary/aromatic N) is 2. The van der Waals surface area contributed by atoms with Gasteiger partial charge in [0, 0.05) is 11.3 Å². The predicted octanol–water partition coefficient (Wildman–Crippen LogP) is 1.74. The maximum Gasteiger partial charge on any atom is 0.243 e. The molecule has 0 amide bonds. The molecule has 74 valence electrons. The lowest BCUT2D eigenvalue weighted by Crippen LogP contribution is -2.05. The molecule has 2 heterocycles. The molecule has 0 unspecified atom stereocenters. The van der Waals surface area contributed by atoms with E-state index in [1.807, 2.05) is 24.4 Å². The molecule has 0 aliphatic carbocycles. The highest BCUT2D eigenvalue weighted by Crippen LogP contribution is 2.14. The molecule has 0 aliphatic heterocycles. The Morgan fingerprint density at radius 3 is 3.07 bits per heavy atom. The minimum atomic E-state index is -0.195. The minimum absolute atomic E-state index is 0.195. The van der Waals surface area contributed by atoms with Crippen LogP contribution in [0.25, 0.3) is 0 Å². The summed E-state index contributed by atoms with van der Waals surface area (Å²) >= 11 is 1.68. The average Bonchev–Trinajstić information content (AvgIpc) is 2.75. The van der Waals surface area contributed by atoms with Crippen molar-refractivity contribution in [3.63, 3.8) is 0 Å². The van der Waals surface area contributed by atoms with E-state index in [-0.39, 0.29) is 6.04 Å². The van der Waals surface area contributed by atoms with Crippen LogP contribution < -0.4 is 5.73 Å². The summed E-state index contributed by atoms with van der Waals surface area (Å²) in [5, 5.41) is 5.88. The van der Waals surface area contributed by atoms with Gasteiger partial charge in [0.1, 0.15) is 0 Å². The van der Waals surface area contributed by atoms with Crippen molar-refractivity contribution in [1.29, 1.82) is 0 Å². The summed E-state index contributed by atoms with van der Waals surface area (Å²) in [6.45, 7) is 1.82. The number of thiophene rings is 1. The highest BCUT2D eigenvalue weighted by Gasteiger charge is 2.10. The van der Waals surface area contributed by atoms with Gasteiger partial charge < -0.3 is 10.3 Å². The van der Waals surface area contributed by atoms with Gasteiger partial charge in [0.15, 0.2) is 5.82 Å². The molecule has 2 aromatic rings. The Balaban J connectivity index is 2.11. The maximum atomic E-state index is 5.61. The molecule has 14 heavy (non-hydrogen) atoms. The first-order valence-electron chi connectivity index (χ1n) is 4.36. The van der Waals surface area contributed by atoms with E-state index in [1.54, 1.807) is 11.3 Å². The number of aromatic nitrogens is 2. The smallest absolute Gasteiger partial charge is 0.243 e. The zero-order chi connectivity index (χ0) is 9.97. The minimum Gasteiger partial charge on any atom is -0.338 e. The first-order valence-corrected chi connectivity index (χ1v) is 5.24. The first-order chi connectivity index (χ1) is 6.75. The number of hydrogen-bond acceptors (Lipinski definition) is 5. The van der Waals surface area contributed by atoms with Crippen LogP contribution in [-0.2, 0) is 6.42 Å². The predicted molar refractivity (Wildman–Crippen MR) is 54.0 cm³/mol. The summed E-state index contributed by atoms with van der Waals surface area (Å²) in [5.74, 6) is 1.19. The van der Waals surface area contributed by atoms with Crippen molar-refractivity contribution in [2.45, 2.75) is 19.4 Å². The molecular weight excluding hydrogens is 198 g/mol. The van der Waals surface area contributed by atoms with E-state index >= 15 is 0 Å². The van der Waals surface area contributed by atoms with Crippen molar-refractivity contribution in [2.75, 3.05) is 0 Å². The highest BCUT2D eigenvalue weighted by atomic mass is 32.1. The van der Waals surface area contributed by atoms with Crippen LogP contribution in [0, 0.1) is 0 Å². The molecule has 0 aliphatic rings. The molecule has 0 radical (unpaired) electrons. The molecule has 0 fully saturated rings. The third-order valence-corrected chi connectivity index (χ3v) is 2.66. The van der Waals surface area contributed by atoms with Gasteiger partial charge in [-0.25, -0.2) is 0 Å². The third kappa shape index (κ3) is 2.00. The molecule has 0 saturated heterocycles. The Labute approximate surface area is 85.7 Å². The maximum absolute atomic E-state index is 5.61. The van der Waals surface area contributed by atoms with Gasteiger partial charge in [-0.2, -0.15) is 4.98 Å². The fourth-order valence-corrected chi connectivity index (χ4v) is 1.79. The van der Waals surface area contributed by atoms with Crippen LogP contribution in [0.15, 0.2) is 22.0 Å². The molecule has 0 spiro atoms. The second-order valence-corrected chi connectivity index (χ2v) is 4.13. The van der Waals surface area contributed by atoms with Crippen molar-refractivity contribution in [2.24, 2.45) is 5.73 Å². The number of hydrogen-bond donors (Lipinski definition) is 1. The van der Waals surface area contributed by atoms with Gasteiger partial charge in [-0.3, -0.25) is 0 Å². The second-order valence-electron chi connectivity index (χ2n) is 3.09.